The number of carbonyl (C=O) groups excluding carboxylic acids is 1. The van der Waals surface area contributed by atoms with Crippen LogP contribution in [0.1, 0.15) is 50.0 Å². The van der Waals surface area contributed by atoms with Crippen LogP contribution in [0.5, 0.6) is 0 Å². The number of nitrogens with one attached hydrogen (secondary N) is 2. The summed E-state index contributed by atoms with van der Waals surface area (Å²) in [5, 5.41) is 6.73. The van der Waals surface area contributed by atoms with Crippen LogP contribution in [0.4, 0.5) is 0 Å². The molecule has 0 aromatic carbocycles. The van der Waals surface area contributed by atoms with Crippen LogP contribution in [0.15, 0.2) is 17.3 Å². The second-order valence-electron chi connectivity index (χ2n) is 7.27. The Kier molecular flexibility index (Phi) is 6.41. The Morgan fingerprint density at radius 2 is 2.12 bits per heavy atom. The van der Waals surface area contributed by atoms with Crippen molar-refractivity contribution in [1.82, 2.24) is 25.5 Å². The summed E-state index contributed by atoms with van der Waals surface area (Å²) in [5.74, 6) is 2.12. The fourth-order valence-electron chi connectivity index (χ4n) is 3.85. The van der Waals surface area contributed by atoms with Gasteiger partial charge in [0.2, 0.25) is 5.91 Å². The first-order valence-electron chi connectivity index (χ1n) is 9.70. The zero-order valence-electron chi connectivity index (χ0n) is 15.9. The smallest absolute Gasteiger partial charge is 0.225 e. The molecule has 1 aliphatic carbocycles. The van der Waals surface area contributed by atoms with Gasteiger partial charge in [0.1, 0.15) is 5.82 Å². The fourth-order valence-corrected chi connectivity index (χ4v) is 3.85. The molecule has 0 bridgehead atoms. The van der Waals surface area contributed by atoms with Gasteiger partial charge in [0.05, 0.1) is 12.2 Å². The zero-order valence-corrected chi connectivity index (χ0v) is 15.9. The molecule has 7 nitrogen and oxygen atoms in total. The molecule has 3 rings (SSSR count). The van der Waals surface area contributed by atoms with Gasteiger partial charge in [-0.05, 0) is 32.3 Å². The summed E-state index contributed by atoms with van der Waals surface area (Å²) in [6.45, 7) is 4.09. The second kappa shape index (κ2) is 8.96. The summed E-state index contributed by atoms with van der Waals surface area (Å²) in [4.78, 5) is 27.5. The minimum atomic E-state index is 0.251. The highest BCUT2D eigenvalue weighted by atomic mass is 16.2. The quantitative estimate of drug-likeness (QED) is 0.631. The van der Waals surface area contributed by atoms with Crippen LogP contribution < -0.4 is 10.6 Å². The number of aryl methyl sites for hydroxylation is 1. The Hall–Kier alpha value is -2.18. The summed E-state index contributed by atoms with van der Waals surface area (Å²) in [6.07, 6.45) is 8.54. The lowest BCUT2D eigenvalue weighted by Crippen LogP contribution is -2.45. The highest BCUT2D eigenvalue weighted by molar-refractivity contribution is 5.81. The van der Waals surface area contributed by atoms with Crippen LogP contribution in [0.25, 0.3) is 0 Å². The van der Waals surface area contributed by atoms with E-state index < -0.39 is 0 Å². The monoisotopic (exact) mass is 358 g/mol. The Balaban J connectivity index is 1.46. The van der Waals surface area contributed by atoms with Gasteiger partial charge < -0.3 is 15.5 Å². The summed E-state index contributed by atoms with van der Waals surface area (Å²) in [7, 11) is 1.76. The van der Waals surface area contributed by atoms with Gasteiger partial charge in [-0.15, -0.1) is 0 Å². The standard InChI is InChI=1S/C19H30N6O/c1-14-21-10-8-16(23-14)12-22-19(20-2)24-17-9-11-25(13-17)18(26)15-6-4-3-5-7-15/h8,10,15,17H,3-7,9,11-13H2,1-2H3,(H2,20,22,24). The molecule has 1 saturated carbocycles. The normalized spacial score (nSPS) is 21.7. The molecule has 142 valence electrons. The minimum Gasteiger partial charge on any atom is -0.352 e. The van der Waals surface area contributed by atoms with Gasteiger partial charge in [0.15, 0.2) is 5.96 Å². The van der Waals surface area contributed by atoms with Crippen LogP contribution in [-0.4, -0.2) is 52.9 Å². The number of guanidine groups is 1. The van der Waals surface area contributed by atoms with Crippen molar-refractivity contribution < 1.29 is 4.79 Å². The van der Waals surface area contributed by atoms with Crippen LogP contribution in [0.2, 0.25) is 0 Å². The van der Waals surface area contributed by atoms with Crippen LogP contribution in [0.3, 0.4) is 0 Å². The van der Waals surface area contributed by atoms with Gasteiger partial charge in [-0.1, -0.05) is 19.3 Å². The fraction of sp³-hybridized carbons (Fsp3) is 0.684. The van der Waals surface area contributed by atoms with Crippen LogP contribution in [-0.2, 0) is 11.3 Å². The number of aliphatic imine (C=N–C) groups is 1. The number of hydrogen-bond acceptors (Lipinski definition) is 4. The minimum absolute atomic E-state index is 0.251. The first kappa shape index (κ1) is 18.6. The molecule has 1 aromatic rings. The molecule has 2 fully saturated rings. The molecule has 26 heavy (non-hydrogen) atoms. The van der Waals surface area contributed by atoms with Gasteiger partial charge in [-0.2, -0.15) is 0 Å². The highest BCUT2D eigenvalue weighted by Crippen LogP contribution is 2.26. The zero-order chi connectivity index (χ0) is 18.4. The molecule has 1 atom stereocenters. The van der Waals surface area contributed by atoms with Gasteiger partial charge in [-0.25, -0.2) is 9.97 Å². The van der Waals surface area contributed by atoms with E-state index in [2.05, 4.69) is 25.6 Å². The summed E-state index contributed by atoms with van der Waals surface area (Å²) in [5.41, 5.74) is 0.931. The lowest BCUT2D eigenvalue weighted by molar-refractivity contribution is -0.135. The number of likely N-dealkylation sites (tertiary alicyclic amines) is 1. The van der Waals surface area contributed by atoms with Gasteiger partial charge in [-0.3, -0.25) is 9.79 Å². The van der Waals surface area contributed by atoms with Crippen molar-refractivity contribution in [3.63, 3.8) is 0 Å². The number of amides is 1. The molecule has 1 aliphatic heterocycles. The molecular formula is C19H30N6O. The van der Waals surface area contributed by atoms with Gasteiger partial charge >= 0.3 is 0 Å². The maximum atomic E-state index is 12.7. The third-order valence-electron chi connectivity index (χ3n) is 5.29. The van der Waals surface area contributed by atoms with Crippen molar-refractivity contribution in [3.8, 4) is 0 Å². The van der Waals surface area contributed by atoms with Gasteiger partial charge in [0, 0.05) is 38.3 Å². The SMILES string of the molecule is CN=C(NCc1ccnc(C)n1)NC1CCN(C(=O)C2CCCCC2)C1. The molecule has 1 amide bonds. The average molecular weight is 358 g/mol. The predicted molar refractivity (Wildman–Crippen MR) is 102 cm³/mol. The molecule has 1 saturated heterocycles. The summed E-state index contributed by atoms with van der Waals surface area (Å²) >= 11 is 0. The van der Waals surface area contributed by atoms with Crippen molar-refractivity contribution in [2.24, 2.45) is 10.9 Å². The van der Waals surface area contributed by atoms with Crippen LogP contribution in [0, 0.1) is 12.8 Å². The van der Waals surface area contributed by atoms with Crippen molar-refractivity contribution in [2.45, 2.75) is 58.0 Å². The summed E-state index contributed by atoms with van der Waals surface area (Å²) < 4.78 is 0. The third kappa shape index (κ3) is 4.93. The van der Waals surface area contributed by atoms with Crippen molar-refractivity contribution >= 4 is 11.9 Å². The molecule has 2 heterocycles. The lowest BCUT2D eigenvalue weighted by Gasteiger charge is -2.26. The Morgan fingerprint density at radius 1 is 1.31 bits per heavy atom. The van der Waals surface area contributed by atoms with E-state index in [0.717, 1.165) is 49.8 Å². The lowest BCUT2D eigenvalue weighted by atomic mass is 9.88. The Labute approximate surface area is 155 Å². The van der Waals surface area contributed by atoms with E-state index in [-0.39, 0.29) is 12.0 Å². The average Bonchev–Trinajstić information content (AvgIpc) is 3.14. The predicted octanol–water partition coefficient (Wildman–Crippen LogP) is 1.63. The van der Waals surface area contributed by atoms with E-state index >= 15 is 0 Å². The van der Waals surface area contributed by atoms with E-state index in [1.54, 1.807) is 13.2 Å². The first-order valence-corrected chi connectivity index (χ1v) is 9.70. The van der Waals surface area contributed by atoms with Crippen molar-refractivity contribution in [1.29, 1.82) is 0 Å². The number of carbonyl (C=O) groups is 1. The maximum Gasteiger partial charge on any atom is 0.225 e. The number of hydrogen-bond donors (Lipinski definition) is 2. The Morgan fingerprint density at radius 3 is 2.85 bits per heavy atom. The molecule has 1 unspecified atom stereocenters. The van der Waals surface area contributed by atoms with E-state index in [9.17, 15) is 4.79 Å². The third-order valence-corrected chi connectivity index (χ3v) is 5.29. The molecule has 0 spiro atoms. The van der Waals surface area contributed by atoms with E-state index in [0.29, 0.717) is 12.5 Å². The van der Waals surface area contributed by atoms with E-state index in [4.69, 9.17) is 0 Å². The summed E-state index contributed by atoms with van der Waals surface area (Å²) in [6, 6.07) is 2.15. The van der Waals surface area contributed by atoms with Crippen molar-refractivity contribution in [2.75, 3.05) is 20.1 Å². The largest absolute Gasteiger partial charge is 0.352 e. The molecule has 7 heteroatoms. The second-order valence-corrected chi connectivity index (χ2v) is 7.27. The van der Waals surface area contributed by atoms with E-state index in [1.165, 1.54) is 19.3 Å². The molecule has 0 radical (unpaired) electrons. The molecule has 2 aliphatic rings. The number of rotatable bonds is 4. The van der Waals surface area contributed by atoms with Crippen LogP contribution >= 0.6 is 0 Å². The van der Waals surface area contributed by atoms with Gasteiger partial charge in [0.25, 0.3) is 0 Å². The topological polar surface area (TPSA) is 82.5 Å². The van der Waals surface area contributed by atoms with Crippen molar-refractivity contribution in [3.05, 3.63) is 23.8 Å². The first-order chi connectivity index (χ1) is 12.7. The highest BCUT2D eigenvalue weighted by Gasteiger charge is 2.31. The molecule has 1 aromatic heterocycles. The molecule has 2 N–H and O–H groups in total. The molecular weight excluding hydrogens is 328 g/mol. The number of nitrogens with zero attached hydrogens (tertiary/aromatic N) is 4. The number of aromatic nitrogens is 2. The van der Waals surface area contributed by atoms with E-state index in [1.807, 2.05) is 17.9 Å². The maximum absolute atomic E-state index is 12.7. The Bertz CT molecular complexity index is 641.